The molecule has 3 rings (SSSR count). The van der Waals surface area contributed by atoms with Crippen LogP contribution in [0.1, 0.15) is 30.1 Å². The molecule has 0 N–H and O–H groups in total. The van der Waals surface area contributed by atoms with E-state index in [4.69, 9.17) is 9.47 Å². The number of hydrogen-bond acceptors (Lipinski definition) is 5. The molecule has 1 aliphatic heterocycles. The van der Waals surface area contributed by atoms with Crippen LogP contribution in [-0.2, 0) is 27.2 Å². The Bertz CT molecular complexity index is 663. The summed E-state index contributed by atoms with van der Waals surface area (Å²) >= 11 is 1.74. The van der Waals surface area contributed by atoms with Crippen LogP contribution < -0.4 is 0 Å². The molecule has 0 aliphatic carbocycles. The molecule has 0 aromatic carbocycles. The fourth-order valence-corrected chi connectivity index (χ4v) is 4.04. The Balaban J connectivity index is 1.46. The summed E-state index contributed by atoms with van der Waals surface area (Å²) in [6.07, 6.45) is 6.91. The van der Waals surface area contributed by atoms with Gasteiger partial charge in [-0.1, -0.05) is 0 Å². The minimum Gasteiger partial charge on any atom is -0.382 e. The van der Waals surface area contributed by atoms with Crippen LogP contribution in [0.4, 0.5) is 0 Å². The van der Waals surface area contributed by atoms with E-state index in [0.717, 1.165) is 44.7 Å². The van der Waals surface area contributed by atoms with Gasteiger partial charge in [0.05, 0.1) is 13.2 Å². The standard InChI is InChI=1S/C19H27N3O3S/c1-24-11-12-25-14-18(23)21-8-3-17(4-9-21)19-20-6-10-22(19)7-2-16-5-13-26-15-16/h5-6,10,13,15,17H,2-4,7-9,11-12,14H2,1H3. The number of nitrogens with zero attached hydrogens (tertiary/aromatic N) is 3. The van der Waals surface area contributed by atoms with Crippen molar-refractivity contribution < 1.29 is 14.3 Å². The summed E-state index contributed by atoms with van der Waals surface area (Å²) in [6, 6.07) is 2.18. The van der Waals surface area contributed by atoms with Gasteiger partial charge in [-0.25, -0.2) is 4.98 Å². The molecule has 0 saturated carbocycles. The molecule has 0 bridgehead atoms. The van der Waals surface area contributed by atoms with Gasteiger partial charge < -0.3 is 18.9 Å². The predicted octanol–water partition coefficient (Wildman–Crippen LogP) is 2.56. The first-order valence-corrected chi connectivity index (χ1v) is 10.1. The van der Waals surface area contributed by atoms with E-state index in [2.05, 4.69) is 32.6 Å². The molecular formula is C19H27N3O3S. The number of hydrogen-bond donors (Lipinski definition) is 0. The third-order valence-corrected chi connectivity index (χ3v) is 5.57. The number of amides is 1. The Morgan fingerprint density at radius 1 is 1.35 bits per heavy atom. The number of ether oxygens (including phenoxy) is 2. The van der Waals surface area contributed by atoms with E-state index >= 15 is 0 Å². The molecule has 0 unspecified atom stereocenters. The van der Waals surface area contributed by atoms with Crippen LogP contribution in [-0.4, -0.2) is 60.4 Å². The Labute approximate surface area is 158 Å². The molecule has 0 spiro atoms. The Morgan fingerprint density at radius 3 is 2.92 bits per heavy atom. The van der Waals surface area contributed by atoms with Gasteiger partial charge >= 0.3 is 0 Å². The van der Waals surface area contributed by atoms with Crippen molar-refractivity contribution >= 4 is 17.2 Å². The average molecular weight is 378 g/mol. The Kier molecular flexibility index (Phi) is 7.22. The van der Waals surface area contributed by atoms with E-state index in [1.807, 2.05) is 11.1 Å². The van der Waals surface area contributed by atoms with Crippen LogP contribution in [0.25, 0.3) is 0 Å². The van der Waals surface area contributed by atoms with Crippen molar-refractivity contribution in [1.29, 1.82) is 0 Å². The Hall–Kier alpha value is -1.70. The summed E-state index contributed by atoms with van der Waals surface area (Å²) in [5, 5.41) is 4.32. The number of likely N-dealkylation sites (tertiary alicyclic amines) is 1. The molecule has 1 aliphatic rings. The number of imidazole rings is 1. The molecule has 142 valence electrons. The topological polar surface area (TPSA) is 56.6 Å². The molecular weight excluding hydrogens is 350 g/mol. The molecule has 6 nitrogen and oxygen atoms in total. The lowest BCUT2D eigenvalue weighted by molar-refractivity contribution is -0.137. The van der Waals surface area contributed by atoms with E-state index in [0.29, 0.717) is 19.1 Å². The normalized spacial score (nSPS) is 15.5. The molecule has 26 heavy (non-hydrogen) atoms. The van der Waals surface area contributed by atoms with Gasteiger partial charge in [0.25, 0.3) is 0 Å². The van der Waals surface area contributed by atoms with E-state index in [-0.39, 0.29) is 12.5 Å². The number of carbonyl (C=O) groups is 1. The summed E-state index contributed by atoms with van der Waals surface area (Å²) in [4.78, 5) is 18.7. The maximum atomic E-state index is 12.2. The summed E-state index contributed by atoms with van der Waals surface area (Å²) in [5.74, 6) is 1.65. The van der Waals surface area contributed by atoms with Crippen molar-refractivity contribution in [1.82, 2.24) is 14.5 Å². The van der Waals surface area contributed by atoms with Crippen LogP contribution in [0.15, 0.2) is 29.2 Å². The maximum Gasteiger partial charge on any atom is 0.248 e. The highest BCUT2D eigenvalue weighted by Crippen LogP contribution is 2.27. The van der Waals surface area contributed by atoms with Crippen LogP contribution in [0.3, 0.4) is 0 Å². The van der Waals surface area contributed by atoms with E-state index < -0.39 is 0 Å². The first-order valence-electron chi connectivity index (χ1n) is 9.14. The van der Waals surface area contributed by atoms with Gasteiger partial charge in [0.1, 0.15) is 12.4 Å². The van der Waals surface area contributed by atoms with Gasteiger partial charge in [-0.3, -0.25) is 4.79 Å². The number of rotatable bonds is 9. The Morgan fingerprint density at radius 2 is 2.19 bits per heavy atom. The molecule has 2 aromatic heterocycles. The number of aromatic nitrogens is 2. The number of thiophene rings is 1. The number of carbonyl (C=O) groups excluding carboxylic acids is 1. The summed E-state index contributed by atoms with van der Waals surface area (Å²) in [6.45, 7) is 3.62. The monoisotopic (exact) mass is 377 g/mol. The highest BCUT2D eigenvalue weighted by Gasteiger charge is 2.26. The second-order valence-corrected chi connectivity index (χ2v) is 7.34. The zero-order chi connectivity index (χ0) is 18.2. The van der Waals surface area contributed by atoms with E-state index in [9.17, 15) is 4.79 Å². The van der Waals surface area contributed by atoms with Crippen molar-refractivity contribution in [3.8, 4) is 0 Å². The number of aryl methyl sites for hydroxylation is 2. The molecule has 0 atom stereocenters. The summed E-state index contributed by atoms with van der Waals surface area (Å²) in [5.41, 5.74) is 1.38. The van der Waals surface area contributed by atoms with Crippen LogP contribution in [0.2, 0.25) is 0 Å². The van der Waals surface area contributed by atoms with Crippen molar-refractivity contribution in [3.63, 3.8) is 0 Å². The maximum absolute atomic E-state index is 12.2. The zero-order valence-electron chi connectivity index (χ0n) is 15.3. The van der Waals surface area contributed by atoms with Crippen molar-refractivity contribution in [2.45, 2.75) is 31.7 Å². The third kappa shape index (κ3) is 5.16. The molecule has 1 amide bonds. The van der Waals surface area contributed by atoms with Crippen LogP contribution >= 0.6 is 11.3 Å². The van der Waals surface area contributed by atoms with Crippen molar-refractivity contribution in [2.75, 3.05) is 40.0 Å². The summed E-state index contributed by atoms with van der Waals surface area (Å²) in [7, 11) is 1.63. The van der Waals surface area contributed by atoms with Gasteiger partial charge in [-0.2, -0.15) is 11.3 Å². The van der Waals surface area contributed by atoms with Gasteiger partial charge in [-0.15, -0.1) is 0 Å². The molecule has 2 aromatic rings. The van der Waals surface area contributed by atoms with Gasteiger partial charge in [0.2, 0.25) is 5.91 Å². The highest BCUT2D eigenvalue weighted by atomic mass is 32.1. The van der Waals surface area contributed by atoms with Gasteiger partial charge in [-0.05, 0) is 41.7 Å². The quantitative estimate of drug-likeness (QED) is 0.630. The fraction of sp³-hybridized carbons (Fsp3) is 0.579. The second kappa shape index (κ2) is 9.85. The first kappa shape index (κ1) is 19.1. The zero-order valence-corrected chi connectivity index (χ0v) is 16.1. The lowest BCUT2D eigenvalue weighted by atomic mass is 9.95. The highest BCUT2D eigenvalue weighted by molar-refractivity contribution is 7.07. The summed E-state index contributed by atoms with van der Waals surface area (Å²) < 4.78 is 12.5. The average Bonchev–Trinajstić information content (AvgIpc) is 3.35. The van der Waals surface area contributed by atoms with E-state index in [1.54, 1.807) is 18.4 Å². The molecule has 1 saturated heterocycles. The van der Waals surface area contributed by atoms with Crippen LogP contribution in [0.5, 0.6) is 0 Å². The predicted molar refractivity (Wildman–Crippen MR) is 102 cm³/mol. The van der Waals surface area contributed by atoms with E-state index in [1.165, 1.54) is 5.56 Å². The number of piperidine rings is 1. The third-order valence-electron chi connectivity index (χ3n) is 4.84. The second-order valence-electron chi connectivity index (χ2n) is 6.56. The molecule has 1 fully saturated rings. The molecule has 3 heterocycles. The van der Waals surface area contributed by atoms with Crippen molar-refractivity contribution in [3.05, 3.63) is 40.6 Å². The fourth-order valence-electron chi connectivity index (χ4n) is 3.33. The lowest BCUT2D eigenvalue weighted by Gasteiger charge is -2.32. The largest absolute Gasteiger partial charge is 0.382 e. The van der Waals surface area contributed by atoms with Gasteiger partial charge in [0, 0.05) is 45.1 Å². The minimum absolute atomic E-state index is 0.0698. The smallest absolute Gasteiger partial charge is 0.248 e. The molecule has 7 heteroatoms. The van der Waals surface area contributed by atoms with Crippen LogP contribution in [0, 0.1) is 0 Å². The number of methoxy groups -OCH3 is 1. The lowest BCUT2D eigenvalue weighted by Crippen LogP contribution is -2.40. The minimum atomic E-state index is 0.0698. The molecule has 0 radical (unpaired) electrons. The SMILES string of the molecule is COCCOCC(=O)N1CCC(c2nccn2CCc2ccsc2)CC1. The van der Waals surface area contributed by atoms with Crippen molar-refractivity contribution in [2.24, 2.45) is 0 Å². The first-order chi connectivity index (χ1) is 12.8. The van der Waals surface area contributed by atoms with Gasteiger partial charge in [0.15, 0.2) is 0 Å².